The summed E-state index contributed by atoms with van der Waals surface area (Å²) >= 11 is 0. The number of carbonyl (C=O) groups excluding carboxylic acids is 2. The third-order valence-electron chi connectivity index (χ3n) is 1.69. The topological polar surface area (TPSA) is 76.1 Å². The Morgan fingerprint density at radius 2 is 1.35 bits per heavy atom. The molecule has 116 valence electrons. The number of hydrogen-bond donors (Lipinski definition) is 1. The fraction of sp³-hybridized carbons (Fsp3) is 0.714. The number of imide groups is 1. The summed E-state index contributed by atoms with van der Waals surface area (Å²) in [4.78, 5) is 24.6. The van der Waals surface area contributed by atoms with Gasteiger partial charge in [-0.25, -0.2) is 9.59 Å². The van der Waals surface area contributed by atoms with Gasteiger partial charge in [0.15, 0.2) is 0 Å². The van der Waals surface area contributed by atoms with E-state index in [2.05, 4.69) is 0 Å². The number of rotatable bonds is 2. The molecule has 0 saturated carbocycles. The van der Waals surface area contributed by atoms with Gasteiger partial charge in [0.1, 0.15) is 11.2 Å². The first-order valence-electron chi connectivity index (χ1n) is 6.43. The monoisotopic (exact) mass is 287 g/mol. The van der Waals surface area contributed by atoms with Crippen molar-refractivity contribution in [3.63, 3.8) is 0 Å². The van der Waals surface area contributed by atoms with Gasteiger partial charge in [0, 0.05) is 6.20 Å². The summed E-state index contributed by atoms with van der Waals surface area (Å²) in [5.74, 6) is 0. The Morgan fingerprint density at radius 3 is 1.60 bits per heavy atom. The molecule has 6 nitrogen and oxygen atoms in total. The van der Waals surface area contributed by atoms with E-state index >= 15 is 0 Å². The molecule has 1 N–H and O–H groups in total. The molecule has 20 heavy (non-hydrogen) atoms. The number of aliphatic hydroxyl groups excluding tert-OH is 1. The van der Waals surface area contributed by atoms with Crippen molar-refractivity contribution in [3.05, 3.63) is 12.3 Å². The fourth-order valence-corrected chi connectivity index (χ4v) is 1.03. The molecular weight excluding hydrogens is 262 g/mol. The van der Waals surface area contributed by atoms with Crippen LogP contribution in [0.5, 0.6) is 0 Å². The first-order valence-corrected chi connectivity index (χ1v) is 6.43. The van der Waals surface area contributed by atoms with Crippen molar-refractivity contribution >= 4 is 12.2 Å². The lowest BCUT2D eigenvalue weighted by Crippen LogP contribution is -2.40. The highest BCUT2D eigenvalue weighted by Gasteiger charge is 2.29. The summed E-state index contributed by atoms with van der Waals surface area (Å²) < 4.78 is 10.2. The Morgan fingerprint density at radius 1 is 1.00 bits per heavy atom. The second-order valence-corrected chi connectivity index (χ2v) is 6.41. The van der Waals surface area contributed by atoms with E-state index < -0.39 is 29.5 Å². The van der Waals surface area contributed by atoms with Crippen LogP contribution in [0.3, 0.4) is 0 Å². The molecule has 0 aromatic heterocycles. The highest BCUT2D eigenvalue weighted by atomic mass is 16.6. The molecule has 0 fully saturated rings. The predicted molar refractivity (Wildman–Crippen MR) is 75.1 cm³/mol. The van der Waals surface area contributed by atoms with Gasteiger partial charge < -0.3 is 14.6 Å². The smallest absolute Gasteiger partial charge is 0.424 e. The highest BCUT2D eigenvalue weighted by Crippen LogP contribution is 2.14. The maximum absolute atomic E-state index is 12.0. The van der Waals surface area contributed by atoms with E-state index in [-0.39, 0.29) is 0 Å². The first-order chi connectivity index (χ1) is 8.82. The van der Waals surface area contributed by atoms with Gasteiger partial charge in [0.25, 0.3) is 0 Å². The molecule has 0 saturated heterocycles. The van der Waals surface area contributed by atoms with Gasteiger partial charge in [-0.15, -0.1) is 0 Å². The number of aliphatic hydroxyl groups is 1. The lowest BCUT2D eigenvalue weighted by atomic mass is 10.2. The molecule has 1 atom stereocenters. The fourth-order valence-electron chi connectivity index (χ4n) is 1.03. The van der Waals surface area contributed by atoms with Crippen LogP contribution >= 0.6 is 0 Å². The standard InChI is InChI=1S/C14H25NO5/c1-10(16)8-9-15(11(17)19-13(2,3)4)12(18)20-14(5,6)7/h8-10,16H,1-7H3/b9-8+. The quantitative estimate of drug-likeness (QED) is 0.844. The van der Waals surface area contributed by atoms with Gasteiger partial charge in [0.05, 0.1) is 6.10 Å². The van der Waals surface area contributed by atoms with Crippen LogP contribution < -0.4 is 0 Å². The zero-order chi connectivity index (χ0) is 16.1. The number of hydrogen-bond acceptors (Lipinski definition) is 5. The Hall–Kier alpha value is -1.56. The molecule has 0 aromatic rings. The summed E-state index contributed by atoms with van der Waals surface area (Å²) in [6.45, 7) is 11.6. The van der Waals surface area contributed by atoms with E-state index in [1.807, 2.05) is 0 Å². The molecule has 0 radical (unpaired) electrons. The summed E-state index contributed by atoms with van der Waals surface area (Å²) in [7, 11) is 0. The molecule has 0 aromatic carbocycles. The van der Waals surface area contributed by atoms with E-state index in [9.17, 15) is 14.7 Å². The third-order valence-corrected chi connectivity index (χ3v) is 1.69. The maximum atomic E-state index is 12.0. The Bertz CT molecular complexity index is 346. The minimum atomic E-state index is -0.858. The minimum absolute atomic E-state index is 0.698. The van der Waals surface area contributed by atoms with Crippen LogP contribution in [0.1, 0.15) is 48.5 Å². The number of amides is 2. The van der Waals surface area contributed by atoms with Crippen molar-refractivity contribution in [1.82, 2.24) is 4.90 Å². The lowest BCUT2D eigenvalue weighted by Gasteiger charge is -2.26. The summed E-state index contributed by atoms with van der Waals surface area (Å²) in [6.07, 6.45) is -0.0876. The summed E-state index contributed by atoms with van der Waals surface area (Å²) in [5.41, 5.74) is -1.48. The number of nitrogens with zero attached hydrogens (tertiary/aromatic N) is 1. The van der Waals surface area contributed by atoms with Crippen molar-refractivity contribution in [2.24, 2.45) is 0 Å². The van der Waals surface area contributed by atoms with Crippen molar-refractivity contribution in [2.45, 2.75) is 65.8 Å². The van der Waals surface area contributed by atoms with Crippen LogP contribution in [-0.4, -0.2) is 39.5 Å². The van der Waals surface area contributed by atoms with Crippen LogP contribution in [0.25, 0.3) is 0 Å². The molecular formula is C14H25NO5. The number of carbonyl (C=O) groups is 2. The Labute approximate surface area is 120 Å². The second-order valence-electron chi connectivity index (χ2n) is 6.41. The molecule has 0 rings (SSSR count). The van der Waals surface area contributed by atoms with Crippen LogP contribution in [0.4, 0.5) is 9.59 Å². The van der Waals surface area contributed by atoms with Crippen LogP contribution in [0, 0.1) is 0 Å². The highest BCUT2D eigenvalue weighted by molar-refractivity contribution is 5.89. The number of ether oxygens (including phenoxy) is 2. The zero-order valence-electron chi connectivity index (χ0n) is 13.3. The summed E-state index contributed by atoms with van der Waals surface area (Å²) in [6, 6.07) is 0. The average molecular weight is 287 g/mol. The van der Waals surface area contributed by atoms with E-state index in [0.717, 1.165) is 6.20 Å². The van der Waals surface area contributed by atoms with Crippen LogP contribution in [-0.2, 0) is 9.47 Å². The van der Waals surface area contributed by atoms with Crippen molar-refractivity contribution in [3.8, 4) is 0 Å². The van der Waals surface area contributed by atoms with Gasteiger partial charge in [-0.2, -0.15) is 4.90 Å². The average Bonchev–Trinajstić information content (AvgIpc) is 2.10. The van der Waals surface area contributed by atoms with Crippen molar-refractivity contribution < 1.29 is 24.2 Å². The van der Waals surface area contributed by atoms with Crippen molar-refractivity contribution in [1.29, 1.82) is 0 Å². The SMILES string of the molecule is CC(O)/C=C/N(C(=O)OC(C)(C)C)C(=O)OC(C)(C)C. The van der Waals surface area contributed by atoms with E-state index in [0.29, 0.717) is 4.90 Å². The molecule has 0 heterocycles. The molecule has 6 heteroatoms. The first kappa shape index (κ1) is 18.4. The largest absolute Gasteiger partial charge is 0.443 e. The van der Waals surface area contributed by atoms with E-state index in [1.165, 1.54) is 13.0 Å². The van der Waals surface area contributed by atoms with E-state index in [4.69, 9.17) is 9.47 Å². The normalized spacial score (nSPS) is 14.0. The molecule has 0 bridgehead atoms. The molecule has 0 aliphatic heterocycles. The van der Waals surface area contributed by atoms with Gasteiger partial charge in [-0.05, 0) is 54.5 Å². The predicted octanol–water partition coefficient (Wildman–Crippen LogP) is 3.05. The third kappa shape index (κ3) is 8.53. The molecule has 1 unspecified atom stereocenters. The minimum Gasteiger partial charge on any atom is -0.443 e. The maximum Gasteiger partial charge on any atom is 0.424 e. The molecule has 0 spiro atoms. The second kappa shape index (κ2) is 6.74. The zero-order valence-corrected chi connectivity index (χ0v) is 13.3. The van der Waals surface area contributed by atoms with E-state index in [1.54, 1.807) is 41.5 Å². The Kier molecular flexibility index (Phi) is 6.22. The summed E-state index contributed by atoms with van der Waals surface area (Å²) in [5, 5.41) is 9.21. The van der Waals surface area contributed by atoms with Gasteiger partial charge in [-0.1, -0.05) is 0 Å². The lowest BCUT2D eigenvalue weighted by molar-refractivity contribution is 0.0106. The molecule has 2 amide bonds. The van der Waals surface area contributed by atoms with Gasteiger partial charge in [-0.3, -0.25) is 0 Å². The molecule has 0 aliphatic rings. The van der Waals surface area contributed by atoms with Gasteiger partial charge >= 0.3 is 12.2 Å². The van der Waals surface area contributed by atoms with Crippen molar-refractivity contribution in [2.75, 3.05) is 0 Å². The molecule has 0 aliphatic carbocycles. The van der Waals surface area contributed by atoms with Crippen LogP contribution in [0.15, 0.2) is 12.3 Å². The Balaban J connectivity index is 5.08. The van der Waals surface area contributed by atoms with Gasteiger partial charge in [0.2, 0.25) is 0 Å². The van der Waals surface area contributed by atoms with Crippen LogP contribution in [0.2, 0.25) is 0 Å².